The molecule has 3 rings (SSSR count). The normalized spacial score (nSPS) is 19.0. The fourth-order valence-corrected chi connectivity index (χ4v) is 3.27. The smallest absolute Gasteiger partial charge is 0.164 e. The summed E-state index contributed by atoms with van der Waals surface area (Å²) in [5.41, 5.74) is 2.18. The van der Waals surface area contributed by atoms with Crippen LogP contribution in [0.25, 0.3) is 0 Å². The first-order valence-electron chi connectivity index (χ1n) is 8.19. The fraction of sp³-hybridized carbons (Fsp3) is 0.350. The van der Waals surface area contributed by atoms with Gasteiger partial charge in [0, 0.05) is 24.6 Å². The summed E-state index contributed by atoms with van der Waals surface area (Å²) in [5, 5.41) is 0. The average Bonchev–Trinajstić information content (AvgIpc) is 2.58. The van der Waals surface area contributed by atoms with Gasteiger partial charge in [-0.25, -0.2) is 0 Å². The Morgan fingerprint density at radius 1 is 0.955 bits per heavy atom. The highest BCUT2D eigenvalue weighted by atomic mass is 16.1. The van der Waals surface area contributed by atoms with Crippen LogP contribution >= 0.6 is 0 Å². The minimum absolute atomic E-state index is 0.269. The van der Waals surface area contributed by atoms with E-state index in [0.717, 1.165) is 25.1 Å². The topological polar surface area (TPSA) is 20.3 Å². The number of carbonyl (C=O) groups excluding carboxylic acids is 1. The lowest BCUT2D eigenvalue weighted by molar-refractivity contribution is 0.0855. The number of ketones is 1. The molecule has 1 aliphatic rings. The lowest BCUT2D eigenvalue weighted by Gasteiger charge is -2.35. The second-order valence-electron chi connectivity index (χ2n) is 6.10. The van der Waals surface area contributed by atoms with Crippen LogP contribution in [0.1, 0.15) is 41.6 Å². The number of Topliss-reactive ketones (excluding diaryl/α,β-unsaturated/α-hetero) is 1. The van der Waals surface area contributed by atoms with Gasteiger partial charge >= 0.3 is 0 Å². The van der Waals surface area contributed by atoms with E-state index in [4.69, 9.17) is 0 Å². The van der Waals surface area contributed by atoms with Crippen LogP contribution in [0.3, 0.4) is 0 Å². The molecule has 0 radical (unpaired) electrons. The van der Waals surface area contributed by atoms with E-state index in [2.05, 4.69) is 35.2 Å². The van der Waals surface area contributed by atoms with Crippen molar-refractivity contribution in [2.24, 2.45) is 0 Å². The minimum Gasteiger partial charge on any atom is -0.296 e. The van der Waals surface area contributed by atoms with Crippen molar-refractivity contribution < 1.29 is 4.79 Å². The number of hydrogen-bond donors (Lipinski definition) is 0. The van der Waals surface area contributed by atoms with Crippen molar-refractivity contribution in [1.82, 2.24) is 4.90 Å². The van der Waals surface area contributed by atoms with E-state index < -0.39 is 0 Å². The summed E-state index contributed by atoms with van der Waals surface area (Å²) in [5.74, 6) is 0.269. The molecule has 2 heteroatoms. The Morgan fingerprint density at radius 3 is 2.36 bits per heavy atom. The first kappa shape index (κ1) is 15.0. The molecule has 2 nitrogen and oxygen atoms in total. The number of benzene rings is 2. The van der Waals surface area contributed by atoms with Gasteiger partial charge in [0.25, 0.3) is 0 Å². The molecule has 0 spiro atoms. The highest BCUT2D eigenvalue weighted by molar-refractivity contribution is 5.96. The van der Waals surface area contributed by atoms with Gasteiger partial charge in [-0.05, 0) is 24.9 Å². The summed E-state index contributed by atoms with van der Waals surface area (Å²) in [7, 11) is 0. The maximum Gasteiger partial charge on any atom is 0.164 e. The molecule has 2 aromatic rings. The predicted molar refractivity (Wildman–Crippen MR) is 89.9 cm³/mol. The van der Waals surface area contributed by atoms with Crippen LogP contribution in [0.4, 0.5) is 0 Å². The third kappa shape index (κ3) is 3.83. The van der Waals surface area contributed by atoms with Crippen molar-refractivity contribution in [2.75, 3.05) is 6.54 Å². The molecule has 1 fully saturated rings. The van der Waals surface area contributed by atoms with Crippen LogP contribution in [0.15, 0.2) is 60.7 Å². The summed E-state index contributed by atoms with van der Waals surface area (Å²) in [4.78, 5) is 15.0. The molecule has 0 amide bonds. The minimum atomic E-state index is 0.269. The molecule has 1 aliphatic heterocycles. The summed E-state index contributed by atoms with van der Waals surface area (Å²) in [6, 6.07) is 20.6. The van der Waals surface area contributed by atoms with Crippen molar-refractivity contribution in [3.63, 3.8) is 0 Å². The number of hydrogen-bond acceptors (Lipinski definition) is 2. The number of likely N-dealkylation sites (tertiary alicyclic amines) is 1. The molecule has 1 atom stereocenters. The molecule has 22 heavy (non-hydrogen) atoms. The van der Waals surface area contributed by atoms with Crippen molar-refractivity contribution in [3.05, 3.63) is 71.8 Å². The molecular weight excluding hydrogens is 270 g/mol. The largest absolute Gasteiger partial charge is 0.296 e. The molecular formula is C20H23NO. The van der Waals surface area contributed by atoms with E-state index >= 15 is 0 Å². The van der Waals surface area contributed by atoms with Crippen LogP contribution in [-0.2, 0) is 6.54 Å². The van der Waals surface area contributed by atoms with Gasteiger partial charge in [-0.1, -0.05) is 67.1 Å². The monoisotopic (exact) mass is 293 g/mol. The Kier molecular flexibility index (Phi) is 5.02. The molecule has 0 saturated carbocycles. The molecule has 0 bridgehead atoms. The molecule has 1 saturated heterocycles. The molecule has 0 aromatic heterocycles. The van der Waals surface area contributed by atoms with E-state index in [1.807, 2.05) is 30.3 Å². The summed E-state index contributed by atoms with van der Waals surface area (Å²) >= 11 is 0. The molecule has 0 N–H and O–H groups in total. The molecule has 1 unspecified atom stereocenters. The molecule has 0 aliphatic carbocycles. The average molecular weight is 293 g/mol. The number of nitrogens with zero attached hydrogens (tertiary/aromatic N) is 1. The predicted octanol–water partition coefficient (Wildman–Crippen LogP) is 4.31. The van der Waals surface area contributed by atoms with E-state index in [1.54, 1.807) is 0 Å². The van der Waals surface area contributed by atoms with Crippen molar-refractivity contribution >= 4 is 5.78 Å². The Bertz CT molecular complexity index is 594. The second-order valence-corrected chi connectivity index (χ2v) is 6.10. The first-order valence-corrected chi connectivity index (χ1v) is 8.19. The molecule has 1 heterocycles. The van der Waals surface area contributed by atoms with Gasteiger partial charge in [-0.15, -0.1) is 0 Å². The molecule has 114 valence electrons. The van der Waals surface area contributed by atoms with Crippen LogP contribution in [0.2, 0.25) is 0 Å². The van der Waals surface area contributed by atoms with Crippen molar-refractivity contribution in [2.45, 2.75) is 38.3 Å². The highest BCUT2D eigenvalue weighted by Crippen LogP contribution is 2.23. The van der Waals surface area contributed by atoms with Gasteiger partial charge in [0.15, 0.2) is 5.78 Å². The zero-order valence-corrected chi connectivity index (χ0v) is 12.9. The fourth-order valence-electron chi connectivity index (χ4n) is 3.27. The van der Waals surface area contributed by atoms with Gasteiger partial charge in [-0.2, -0.15) is 0 Å². The summed E-state index contributed by atoms with van der Waals surface area (Å²) < 4.78 is 0. The first-order chi connectivity index (χ1) is 10.8. The standard InChI is InChI=1S/C20H23NO/c22-20(18-11-5-2-6-12-18)15-19-13-7-8-14-21(19)16-17-9-3-1-4-10-17/h1-6,9-12,19H,7-8,13-16H2. The number of carbonyl (C=O) groups is 1. The van der Waals surface area contributed by atoms with E-state index in [1.165, 1.54) is 18.4 Å². The summed E-state index contributed by atoms with van der Waals surface area (Å²) in [6.45, 7) is 2.05. The lowest BCUT2D eigenvalue weighted by Crippen LogP contribution is -2.40. The SMILES string of the molecule is O=C(CC1CCCCN1Cc1ccccc1)c1ccccc1. The van der Waals surface area contributed by atoms with Gasteiger partial charge in [-0.3, -0.25) is 9.69 Å². The van der Waals surface area contributed by atoms with Crippen LogP contribution in [0.5, 0.6) is 0 Å². The number of rotatable bonds is 5. The zero-order chi connectivity index (χ0) is 15.2. The van der Waals surface area contributed by atoms with Gasteiger partial charge in [0.2, 0.25) is 0 Å². The van der Waals surface area contributed by atoms with Gasteiger partial charge in [0.1, 0.15) is 0 Å². The Hall–Kier alpha value is -1.93. The Balaban J connectivity index is 1.66. The van der Waals surface area contributed by atoms with Crippen LogP contribution in [0, 0.1) is 0 Å². The van der Waals surface area contributed by atoms with Gasteiger partial charge in [0.05, 0.1) is 0 Å². The Labute approximate surface area is 132 Å². The van der Waals surface area contributed by atoms with E-state index in [0.29, 0.717) is 12.5 Å². The van der Waals surface area contributed by atoms with Crippen LogP contribution in [-0.4, -0.2) is 23.3 Å². The lowest BCUT2D eigenvalue weighted by atomic mass is 9.94. The summed E-state index contributed by atoms with van der Waals surface area (Å²) in [6.07, 6.45) is 4.24. The van der Waals surface area contributed by atoms with E-state index in [-0.39, 0.29) is 5.78 Å². The van der Waals surface area contributed by atoms with Crippen molar-refractivity contribution in [3.8, 4) is 0 Å². The Morgan fingerprint density at radius 2 is 1.64 bits per heavy atom. The van der Waals surface area contributed by atoms with Crippen LogP contribution < -0.4 is 0 Å². The zero-order valence-electron chi connectivity index (χ0n) is 12.9. The second kappa shape index (κ2) is 7.37. The highest BCUT2D eigenvalue weighted by Gasteiger charge is 2.25. The molecule has 2 aromatic carbocycles. The van der Waals surface area contributed by atoms with Crippen molar-refractivity contribution in [1.29, 1.82) is 0 Å². The third-order valence-electron chi connectivity index (χ3n) is 4.49. The quantitative estimate of drug-likeness (QED) is 0.765. The maximum absolute atomic E-state index is 12.5. The maximum atomic E-state index is 12.5. The third-order valence-corrected chi connectivity index (χ3v) is 4.49. The number of piperidine rings is 1. The van der Waals surface area contributed by atoms with Gasteiger partial charge < -0.3 is 0 Å². The van der Waals surface area contributed by atoms with E-state index in [9.17, 15) is 4.79 Å².